The molecule has 0 bridgehead atoms. The minimum absolute atomic E-state index is 0.176. The van der Waals surface area contributed by atoms with Gasteiger partial charge in [-0.15, -0.1) is 0 Å². The molecule has 0 aliphatic rings. The first-order valence-corrected chi connectivity index (χ1v) is 7.62. The summed E-state index contributed by atoms with van der Waals surface area (Å²) < 4.78 is 6.52. The first-order chi connectivity index (χ1) is 10.0. The highest BCUT2D eigenvalue weighted by molar-refractivity contribution is 9.11. The van der Waals surface area contributed by atoms with Gasteiger partial charge >= 0.3 is 0 Å². The molecule has 0 aliphatic carbocycles. The molecule has 0 aromatic heterocycles. The van der Waals surface area contributed by atoms with Crippen LogP contribution >= 0.6 is 31.9 Å². The molecule has 108 valence electrons. The van der Waals surface area contributed by atoms with Crippen LogP contribution in [0.4, 0.5) is 5.69 Å². The van der Waals surface area contributed by atoms with Gasteiger partial charge in [0.15, 0.2) is 0 Å². The van der Waals surface area contributed by atoms with Crippen molar-refractivity contribution in [3.63, 3.8) is 0 Å². The van der Waals surface area contributed by atoms with Crippen LogP contribution in [0, 0.1) is 11.3 Å². The number of aromatic hydroxyl groups is 1. The second-order valence-corrected chi connectivity index (χ2v) is 6.00. The zero-order valence-corrected chi connectivity index (χ0v) is 14.3. The Bertz CT molecular complexity index is 688. The molecule has 0 aliphatic heterocycles. The number of nitrogens with one attached hydrogen (secondary N) is 1. The third-order valence-electron chi connectivity index (χ3n) is 2.89. The fourth-order valence-corrected chi connectivity index (χ4v) is 3.11. The van der Waals surface area contributed by atoms with Gasteiger partial charge in [-0.3, -0.25) is 0 Å². The van der Waals surface area contributed by atoms with Crippen LogP contribution in [0.5, 0.6) is 11.5 Å². The zero-order valence-electron chi connectivity index (χ0n) is 11.2. The number of phenolic OH excluding ortho intramolecular Hbond substituents is 1. The highest BCUT2D eigenvalue weighted by Crippen LogP contribution is 2.34. The molecule has 2 rings (SSSR count). The number of halogens is 2. The van der Waals surface area contributed by atoms with Gasteiger partial charge in [0, 0.05) is 12.6 Å². The third kappa shape index (κ3) is 3.69. The van der Waals surface area contributed by atoms with E-state index in [0.717, 1.165) is 11.3 Å². The smallest absolute Gasteiger partial charge is 0.143 e. The van der Waals surface area contributed by atoms with E-state index in [0.29, 0.717) is 26.8 Å². The van der Waals surface area contributed by atoms with Crippen LogP contribution < -0.4 is 10.1 Å². The molecule has 0 heterocycles. The van der Waals surface area contributed by atoms with Gasteiger partial charge in [-0.25, -0.2) is 0 Å². The predicted molar refractivity (Wildman–Crippen MR) is 88.5 cm³/mol. The molecule has 0 fully saturated rings. The Balaban J connectivity index is 2.19. The summed E-state index contributed by atoms with van der Waals surface area (Å²) in [5.41, 5.74) is 2.34. The summed E-state index contributed by atoms with van der Waals surface area (Å²) in [6, 6.07) is 11.0. The number of anilines is 1. The maximum absolute atomic E-state index is 9.69. The van der Waals surface area contributed by atoms with Gasteiger partial charge < -0.3 is 15.2 Å². The van der Waals surface area contributed by atoms with Crippen molar-refractivity contribution in [2.45, 2.75) is 6.54 Å². The minimum Gasteiger partial charge on any atom is -0.506 e. The molecule has 2 N–H and O–H groups in total. The predicted octanol–water partition coefficient (Wildman–Crippen LogP) is 4.41. The number of hydrogen-bond acceptors (Lipinski definition) is 4. The summed E-state index contributed by atoms with van der Waals surface area (Å²) in [4.78, 5) is 0. The highest BCUT2D eigenvalue weighted by Gasteiger charge is 2.08. The number of rotatable bonds is 4. The van der Waals surface area contributed by atoms with Gasteiger partial charge in [0.1, 0.15) is 11.5 Å². The van der Waals surface area contributed by atoms with E-state index in [9.17, 15) is 5.11 Å². The molecule has 4 nitrogen and oxygen atoms in total. The van der Waals surface area contributed by atoms with E-state index in [4.69, 9.17) is 10.00 Å². The Hall–Kier alpha value is -1.71. The number of hydrogen-bond donors (Lipinski definition) is 2. The number of benzene rings is 2. The Morgan fingerprint density at radius 1 is 1.24 bits per heavy atom. The molecular weight excluding hydrogens is 400 g/mol. The largest absolute Gasteiger partial charge is 0.506 e. The van der Waals surface area contributed by atoms with E-state index in [1.165, 1.54) is 0 Å². The van der Waals surface area contributed by atoms with Crippen molar-refractivity contribution >= 4 is 37.5 Å². The monoisotopic (exact) mass is 410 g/mol. The van der Waals surface area contributed by atoms with E-state index in [2.05, 4.69) is 43.2 Å². The lowest BCUT2D eigenvalue weighted by molar-refractivity contribution is 0.416. The molecule has 0 spiro atoms. The van der Waals surface area contributed by atoms with Crippen LogP contribution in [0.15, 0.2) is 39.3 Å². The third-order valence-corrected chi connectivity index (χ3v) is 4.10. The average molecular weight is 412 g/mol. The summed E-state index contributed by atoms with van der Waals surface area (Å²) >= 11 is 6.60. The van der Waals surface area contributed by atoms with Crippen LogP contribution in [-0.2, 0) is 6.54 Å². The molecule has 21 heavy (non-hydrogen) atoms. The fourth-order valence-electron chi connectivity index (χ4n) is 1.82. The second-order valence-electron chi connectivity index (χ2n) is 4.29. The Kier molecular flexibility index (Phi) is 5.10. The van der Waals surface area contributed by atoms with E-state index in [1.807, 2.05) is 18.2 Å². The van der Waals surface area contributed by atoms with Crippen LogP contribution in [0.25, 0.3) is 0 Å². The van der Waals surface area contributed by atoms with Crippen molar-refractivity contribution in [1.29, 1.82) is 5.26 Å². The van der Waals surface area contributed by atoms with Gasteiger partial charge in [0.05, 0.1) is 33.4 Å². The fraction of sp³-hybridized carbons (Fsp3) is 0.133. The Labute approximate surface area is 139 Å². The van der Waals surface area contributed by atoms with Crippen LogP contribution in [0.2, 0.25) is 0 Å². The molecule has 0 atom stereocenters. The molecule has 0 amide bonds. The molecule has 0 unspecified atom stereocenters. The first kappa shape index (κ1) is 15.7. The van der Waals surface area contributed by atoms with Crippen LogP contribution in [-0.4, -0.2) is 12.2 Å². The van der Waals surface area contributed by atoms with Crippen molar-refractivity contribution in [1.82, 2.24) is 0 Å². The van der Waals surface area contributed by atoms with Crippen molar-refractivity contribution < 1.29 is 9.84 Å². The van der Waals surface area contributed by atoms with Gasteiger partial charge in [-0.2, -0.15) is 5.26 Å². The number of ether oxygens (including phenoxy) is 1. The molecule has 2 aromatic carbocycles. The SMILES string of the molecule is COc1cc(C#N)ccc1NCc1cc(Br)c(O)c(Br)c1. The van der Waals surface area contributed by atoms with E-state index < -0.39 is 0 Å². The van der Waals surface area contributed by atoms with Crippen LogP contribution in [0.1, 0.15) is 11.1 Å². The highest BCUT2D eigenvalue weighted by atomic mass is 79.9. The molecule has 0 radical (unpaired) electrons. The summed E-state index contributed by atoms with van der Waals surface area (Å²) in [5.74, 6) is 0.792. The van der Waals surface area contributed by atoms with E-state index in [-0.39, 0.29) is 5.75 Å². The number of phenols is 1. The normalized spacial score (nSPS) is 10.0. The van der Waals surface area contributed by atoms with E-state index >= 15 is 0 Å². The molecule has 6 heteroatoms. The van der Waals surface area contributed by atoms with Crippen LogP contribution in [0.3, 0.4) is 0 Å². The van der Waals surface area contributed by atoms with Gasteiger partial charge in [0.25, 0.3) is 0 Å². The summed E-state index contributed by atoms with van der Waals surface area (Å²) in [6.07, 6.45) is 0. The lowest BCUT2D eigenvalue weighted by Crippen LogP contribution is -2.02. The molecule has 2 aromatic rings. The second kappa shape index (κ2) is 6.83. The van der Waals surface area contributed by atoms with Gasteiger partial charge in [-0.05, 0) is 61.7 Å². The summed E-state index contributed by atoms with van der Waals surface area (Å²) in [5, 5.41) is 21.8. The van der Waals surface area contributed by atoms with Crippen molar-refractivity contribution in [2.24, 2.45) is 0 Å². The lowest BCUT2D eigenvalue weighted by atomic mass is 10.2. The van der Waals surface area contributed by atoms with Crippen molar-refractivity contribution in [3.05, 3.63) is 50.4 Å². The maximum atomic E-state index is 9.69. The average Bonchev–Trinajstić information content (AvgIpc) is 2.50. The zero-order chi connectivity index (χ0) is 15.4. The van der Waals surface area contributed by atoms with Crippen molar-refractivity contribution in [2.75, 3.05) is 12.4 Å². The number of methoxy groups -OCH3 is 1. The molecule has 0 saturated carbocycles. The first-order valence-electron chi connectivity index (χ1n) is 6.04. The maximum Gasteiger partial charge on any atom is 0.143 e. The number of nitrogens with zero attached hydrogens (tertiary/aromatic N) is 1. The van der Waals surface area contributed by atoms with E-state index in [1.54, 1.807) is 19.2 Å². The minimum atomic E-state index is 0.176. The van der Waals surface area contributed by atoms with Gasteiger partial charge in [-0.1, -0.05) is 0 Å². The molecular formula is C15H12Br2N2O2. The Morgan fingerprint density at radius 2 is 1.90 bits per heavy atom. The number of nitriles is 1. The Morgan fingerprint density at radius 3 is 2.48 bits per heavy atom. The van der Waals surface area contributed by atoms with Gasteiger partial charge in [0.2, 0.25) is 0 Å². The standard InChI is InChI=1S/C15H12Br2N2O2/c1-21-14-6-9(7-18)2-3-13(14)19-8-10-4-11(16)15(20)12(17)5-10/h2-6,19-20H,8H2,1H3. The molecule has 0 saturated heterocycles. The topological polar surface area (TPSA) is 65.3 Å². The summed E-state index contributed by atoms with van der Waals surface area (Å²) in [6.45, 7) is 0.555. The lowest BCUT2D eigenvalue weighted by Gasteiger charge is -2.12. The summed E-state index contributed by atoms with van der Waals surface area (Å²) in [7, 11) is 1.56. The van der Waals surface area contributed by atoms with Crippen molar-refractivity contribution in [3.8, 4) is 17.6 Å². The quantitative estimate of drug-likeness (QED) is 0.781.